The highest BCUT2D eigenvalue weighted by molar-refractivity contribution is 6.31. The Kier molecular flexibility index (Phi) is 5.23. The summed E-state index contributed by atoms with van der Waals surface area (Å²) in [5.41, 5.74) is -0.350. The summed E-state index contributed by atoms with van der Waals surface area (Å²) in [6.07, 6.45) is -4.61. The number of aromatic hydroxyl groups is 1. The molecule has 0 radical (unpaired) electrons. The predicted molar refractivity (Wildman–Crippen MR) is 85.0 cm³/mol. The average molecular weight is 359 g/mol. The van der Waals surface area contributed by atoms with Gasteiger partial charge in [0.15, 0.2) is 0 Å². The number of carbonyl (C=O) groups is 1. The van der Waals surface area contributed by atoms with Gasteiger partial charge in [-0.15, -0.1) is 0 Å². The lowest BCUT2D eigenvalue weighted by Gasteiger charge is -2.19. The number of anilines is 1. The van der Waals surface area contributed by atoms with Crippen molar-refractivity contribution in [3.8, 4) is 5.75 Å². The van der Waals surface area contributed by atoms with E-state index in [1.165, 1.54) is 30.1 Å². The Morgan fingerprint density at radius 3 is 2.58 bits per heavy atom. The highest BCUT2D eigenvalue weighted by Gasteiger charge is 2.33. The molecule has 0 saturated heterocycles. The zero-order chi connectivity index (χ0) is 17.9. The number of amides is 2. The van der Waals surface area contributed by atoms with E-state index in [0.29, 0.717) is 5.56 Å². The summed E-state index contributed by atoms with van der Waals surface area (Å²) in [7, 11) is 1.49. The number of carbonyl (C=O) groups excluding carboxylic acids is 1. The molecule has 0 saturated carbocycles. The van der Waals surface area contributed by atoms with Gasteiger partial charge in [-0.3, -0.25) is 0 Å². The molecule has 0 bridgehead atoms. The zero-order valence-corrected chi connectivity index (χ0v) is 13.3. The molecule has 0 spiro atoms. The van der Waals surface area contributed by atoms with Crippen molar-refractivity contribution >= 4 is 23.3 Å². The first-order valence-electron chi connectivity index (χ1n) is 6.83. The number of urea groups is 1. The van der Waals surface area contributed by atoms with E-state index in [2.05, 4.69) is 5.32 Å². The van der Waals surface area contributed by atoms with Gasteiger partial charge in [0.05, 0.1) is 10.6 Å². The molecule has 2 aromatic carbocycles. The van der Waals surface area contributed by atoms with Crippen LogP contribution in [0.1, 0.15) is 11.1 Å². The highest BCUT2D eigenvalue weighted by Crippen LogP contribution is 2.36. The van der Waals surface area contributed by atoms with Crippen LogP contribution in [0, 0.1) is 0 Å². The molecule has 8 heteroatoms. The molecule has 0 fully saturated rings. The third-order valence-corrected chi connectivity index (χ3v) is 3.53. The SMILES string of the molecule is CN(Cc1cccc(O)c1)C(=O)Nc1ccc(Cl)c(C(F)(F)F)c1. The Balaban J connectivity index is 2.09. The smallest absolute Gasteiger partial charge is 0.417 e. The lowest BCUT2D eigenvalue weighted by atomic mass is 10.2. The van der Waals surface area contributed by atoms with Gasteiger partial charge in [-0.2, -0.15) is 13.2 Å². The molecule has 0 aliphatic carbocycles. The number of nitrogens with one attached hydrogen (secondary N) is 1. The van der Waals surface area contributed by atoms with Crippen LogP contribution in [0.15, 0.2) is 42.5 Å². The maximum Gasteiger partial charge on any atom is 0.417 e. The van der Waals surface area contributed by atoms with Crippen LogP contribution in [0.4, 0.5) is 23.7 Å². The maximum atomic E-state index is 12.8. The van der Waals surface area contributed by atoms with E-state index >= 15 is 0 Å². The molecule has 2 rings (SSSR count). The minimum Gasteiger partial charge on any atom is -0.508 e. The standard InChI is InChI=1S/C16H14ClF3N2O2/c1-22(9-10-3-2-4-12(23)7-10)15(24)21-11-5-6-14(17)13(8-11)16(18,19)20/h2-8,23H,9H2,1H3,(H,21,24). The second kappa shape index (κ2) is 7.00. The van der Waals surface area contributed by atoms with Crippen LogP contribution in [-0.2, 0) is 12.7 Å². The monoisotopic (exact) mass is 358 g/mol. The van der Waals surface area contributed by atoms with Crippen LogP contribution in [0.3, 0.4) is 0 Å². The van der Waals surface area contributed by atoms with Gasteiger partial charge in [0.1, 0.15) is 5.75 Å². The maximum absolute atomic E-state index is 12.8. The van der Waals surface area contributed by atoms with E-state index in [9.17, 15) is 23.1 Å². The minimum absolute atomic E-state index is 0.0144. The summed E-state index contributed by atoms with van der Waals surface area (Å²) in [4.78, 5) is 13.4. The van der Waals surface area contributed by atoms with Gasteiger partial charge in [-0.1, -0.05) is 23.7 Å². The van der Waals surface area contributed by atoms with Crippen LogP contribution in [0.2, 0.25) is 5.02 Å². The van der Waals surface area contributed by atoms with E-state index in [4.69, 9.17) is 11.6 Å². The third-order valence-electron chi connectivity index (χ3n) is 3.20. The topological polar surface area (TPSA) is 52.6 Å². The quantitative estimate of drug-likeness (QED) is 0.833. The van der Waals surface area contributed by atoms with Crippen molar-refractivity contribution in [3.63, 3.8) is 0 Å². The van der Waals surface area contributed by atoms with Gasteiger partial charge < -0.3 is 15.3 Å². The second-order valence-electron chi connectivity index (χ2n) is 5.15. The Morgan fingerprint density at radius 1 is 1.25 bits per heavy atom. The van der Waals surface area contributed by atoms with Crippen molar-refractivity contribution in [1.29, 1.82) is 0 Å². The first-order chi connectivity index (χ1) is 11.2. The summed E-state index contributed by atoms with van der Waals surface area (Å²) >= 11 is 5.54. The number of rotatable bonds is 3. The number of phenolic OH excluding ortho intramolecular Hbond substituents is 1. The molecule has 0 aromatic heterocycles. The van der Waals surface area contributed by atoms with Crippen molar-refractivity contribution in [2.75, 3.05) is 12.4 Å². The molecule has 0 heterocycles. The number of phenols is 1. The number of benzene rings is 2. The van der Waals surface area contributed by atoms with E-state index in [0.717, 1.165) is 12.1 Å². The normalized spacial score (nSPS) is 11.2. The summed E-state index contributed by atoms with van der Waals surface area (Å²) in [6, 6.07) is 8.89. The number of nitrogens with zero attached hydrogens (tertiary/aromatic N) is 1. The molecule has 0 aliphatic rings. The second-order valence-corrected chi connectivity index (χ2v) is 5.56. The van der Waals surface area contributed by atoms with Gasteiger partial charge in [-0.25, -0.2) is 4.79 Å². The lowest BCUT2D eigenvalue weighted by Crippen LogP contribution is -2.30. The molecule has 2 amide bonds. The number of halogens is 4. The largest absolute Gasteiger partial charge is 0.508 e. The van der Waals surface area contributed by atoms with Crippen LogP contribution in [-0.4, -0.2) is 23.1 Å². The van der Waals surface area contributed by atoms with E-state index in [1.807, 2.05) is 0 Å². The molecule has 2 N–H and O–H groups in total. The molecule has 24 heavy (non-hydrogen) atoms. The summed E-state index contributed by atoms with van der Waals surface area (Å²) in [5, 5.41) is 11.3. The first kappa shape index (κ1) is 17.9. The Morgan fingerprint density at radius 2 is 1.96 bits per heavy atom. The van der Waals surface area contributed by atoms with E-state index in [1.54, 1.807) is 12.1 Å². The van der Waals surface area contributed by atoms with Crippen LogP contribution in [0.5, 0.6) is 5.75 Å². The zero-order valence-electron chi connectivity index (χ0n) is 12.6. The molecule has 0 unspecified atom stereocenters. The summed E-state index contributed by atoms with van der Waals surface area (Å²) < 4.78 is 38.5. The third kappa shape index (κ3) is 4.55. The molecular weight excluding hydrogens is 345 g/mol. The number of alkyl halides is 3. The minimum atomic E-state index is -4.61. The van der Waals surface area contributed by atoms with Gasteiger partial charge in [0, 0.05) is 19.3 Å². The van der Waals surface area contributed by atoms with Crippen molar-refractivity contribution in [2.24, 2.45) is 0 Å². The van der Waals surface area contributed by atoms with Crippen molar-refractivity contribution in [3.05, 3.63) is 58.6 Å². The summed E-state index contributed by atoms with van der Waals surface area (Å²) in [5.74, 6) is 0.0637. The number of hydrogen-bond donors (Lipinski definition) is 2. The first-order valence-corrected chi connectivity index (χ1v) is 7.21. The van der Waals surface area contributed by atoms with Crippen molar-refractivity contribution < 1.29 is 23.1 Å². The van der Waals surface area contributed by atoms with E-state index in [-0.39, 0.29) is 18.0 Å². The highest BCUT2D eigenvalue weighted by atomic mass is 35.5. The fourth-order valence-electron chi connectivity index (χ4n) is 2.04. The van der Waals surface area contributed by atoms with Crippen LogP contribution < -0.4 is 5.32 Å². The van der Waals surface area contributed by atoms with Gasteiger partial charge in [0.2, 0.25) is 0 Å². The Bertz CT molecular complexity index is 750. The molecule has 128 valence electrons. The molecule has 2 aromatic rings. The number of hydrogen-bond acceptors (Lipinski definition) is 2. The van der Waals surface area contributed by atoms with Gasteiger partial charge >= 0.3 is 12.2 Å². The van der Waals surface area contributed by atoms with Gasteiger partial charge in [0.25, 0.3) is 0 Å². The predicted octanol–water partition coefficient (Wildman–Crippen LogP) is 4.73. The fraction of sp³-hybridized carbons (Fsp3) is 0.188. The Hall–Kier alpha value is -2.41. The van der Waals surface area contributed by atoms with Crippen LogP contribution >= 0.6 is 11.6 Å². The molecule has 0 aliphatic heterocycles. The summed E-state index contributed by atoms with van der Waals surface area (Å²) in [6.45, 7) is 0.181. The van der Waals surface area contributed by atoms with Crippen LogP contribution in [0.25, 0.3) is 0 Å². The van der Waals surface area contributed by atoms with E-state index < -0.39 is 22.8 Å². The van der Waals surface area contributed by atoms with Gasteiger partial charge in [-0.05, 0) is 35.9 Å². The molecular formula is C16H14ClF3N2O2. The molecule has 4 nitrogen and oxygen atoms in total. The van der Waals surface area contributed by atoms with Crippen molar-refractivity contribution in [2.45, 2.75) is 12.7 Å². The van der Waals surface area contributed by atoms with Crippen molar-refractivity contribution in [1.82, 2.24) is 4.90 Å². The fourth-order valence-corrected chi connectivity index (χ4v) is 2.26. The Labute approximate surface area is 141 Å². The lowest BCUT2D eigenvalue weighted by molar-refractivity contribution is -0.137. The molecule has 0 atom stereocenters. The average Bonchev–Trinajstić information content (AvgIpc) is 2.48.